The maximum atomic E-state index is 12.0. The fraction of sp³-hybridized carbons (Fsp3) is 0.333. The second-order valence-corrected chi connectivity index (χ2v) is 7.21. The van der Waals surface area contributed by atoms with Gasteiger partial charge >= 0.3 is 11.8 Å². The molecule has 2 rings (SSSR count). The zero-order chi connectivity index (χ0) is 17.0. The number of carbonyl (C=O) groups is 2. The third-order valence-corrected chi connectivity index (χ3v) is 5.34. The number of nitrogens with one attached hydrogen (secondary N) is 2. The molecule has 0 atom stereocenters. The van der Waals surface area contributed by atoms with Gasteiger partial charge in [0.1, 0.15) is 0 Å². The number of aryl methyl sites for hydroxylation is 1. The standard InChI is InChI=1S/C15H19N3O4S/c1-3-7-16-14(19)15(20)17-13-10-12(6-5-11(13)2)18-8-4-9-23(18,21)22/h3,5-6,10H,1,4,7-9H2,2H3,(H,16,19)(H,17,20). The van der Waals surface area contributed by atoms with Crippen molar-refractivity contribution in [2.45, 2.75) is 13.3 Å². The Hall–Kier alpha value is -2.35. The van der Waals surface area contributed by atoms with Crippen LogP contribution in [0, 0.1) is 6.92 Å². The molecular formula is C15H19N3O4S. The van der Waals surface area contributed by atoms with Crippen LogP contribution in [0.15, 0.2) is 30.9 Å². The lowest BCUT2D eigenvalue weighted by molar-refractivity contribution is -0.136. The van der Waals surface area contributed by atoms with Crippen molar-refractivity contribution in [1.82, 2.24) is 5.32 Å². The topological polar surface area (TPSA) is 95.6 Å². The van der Waals surface area contributed by atoms with Crippen molar-refractivity contribution >= 4 is 33.2 Å². The minimum absolute atomic E-state index is 0.118. The number of benzene rings is 1. The molecule has 1 aromatic carbocycles. The van der Waals surface area contributed by atoms with Crippen molar-refractivity contribution in [2.75, 3.05) is 28.5 Å². The van der Waals surface area contributed by atoms with Crippen molar-refractivity contribution in [3.05, 3.63) is 36.4 Å². The molecule has 0 radical (unpaired) electrons. The summed E-state index contributed by atoms with van der Waals surface area (Å²) in [5.41, 5.74) is 1.62. The lowest BCUT2D eigenvalue weighted by Gasteiger charge is -2.19. The van der Waals surface area contributed by atoms with Crippen LogP contribution >= 0.6 is 0 Å². The Morgan fingerprint density at radius 2 is 2.09 bits per heavy atom. The van der Waals surface area contributed by atoms with Crippen LogP contribution in [-0.2, 0) is 19.6 Å². The number of sulfonamides is 1. The predicted molar refractivity (Wildman–Crippen MR) is 88.8 cm³/mol. The zero-order valence-corrected chi connectivity index (χ0v) is 13.6. The van der Waals surface area contributed by atoms with Gasteiger partial charge in [0.25, 0.3) is 0 Å². The second-order valence-electron chi connectivity index (χ2n) is 5.19. The van der Waals surface area contributed by atoms with E-state index in [-0.39, 0.29) is 12.3 Å². The molecule has 2 N–H and O–H groups in total. The smallest absolute Gasteiger partial charge is 0.313 e. The van der Waals surface area contributed by atoms with E-state index in [9.17, 15) is 18.0 Å². The lowest BCUT2D eigenvalue weighted by atomic mass is 10.1. The van der Waals surface area contributed by atoms with Gasteiger partial charge in [0.05, 0.1) is 11.4 Å². The molecule has 0 aromatic heterocycles. The summed E-state index contributed by atoms with van der Waals surface area (Å²) in [5, 5.41) is 4.88. The molecule has 23 heavy (non-hydrogen) atoms. The molecule has 0 bridgehead atoms. The van der Waals surface area contributed by atoms with Crippen LogP contribution in [0.2, 0.25) is 0 Å². The van der Waals surface area contributed by atoms with Gasteiger partial charge in [-0.1, -0.05) is 12.1 Å². The van der Waals surface area contributed by atoms with Gasteiger partial charge in [-0.2, -0.15) is 0 Å². The molecule has 2 amide bonds. The van der Waals surface area contributed by atoms with Crippen LogP contribution in [0.25, 0.3) is 0 Å². The summed E-state index contributed by atoms with van der Waals surface area (Å²) in [6.07, 6.45) is 2.04. The molecule has 0 aliphatic carbocycles. The Labute approximate surface area is 135 Å². The summed E-state index contributed by atoms with van der Waals surface area (Å²) in [6.45, 7) is 5.82. The molecule has 0 unspecified atom stereocenters. The van der Waals surface area contributed by atoms with Crippen LogP contribution < -0.4 is 14.9 Å². The van der Waals surface area contributed by atoms with Gasteiger partial charge in [0.2, 0.25) is 10.0 Å². The Morgan fingerprint density at radius 1 is 1.35 bits per heavy atom. The molecule has 1 aliphatic heterocycles. The molecule has 0 saturated carbocycles. The van der Waals surface area contributed by atoms with Crippen molar-refractivity contribution in [1.29, 1.82) is 0 Å². The van der Waals surface area contributed by atoms with E-state index in [0.717, 1.165) is 5.56 Å². The summed E-state index contributed by atoms with van der Waals surface area (Å²) in [4.78, 5) is 23.4. The highest BCUT2D eigenvalue weighted by atomic mass is 32.2. The lowest BCUT2D eigenvalue weighted by Crippen LogP contribution is -2.35. The number of hydrogen-bond acceptors (Lipinski definition) is 4. The van der Waals surface area contributed by atoms with Crippen molar-refractivity contribution in [2.24, 2.45) is 0 Å². The number of hydrogen-bond donors (Lipinski definition) is 2. The number of nitrogens with zero attached hydrogens (tertiary/aromatic N) is 1. The van der Waals surface area contributed by atoms with Crippen LogP contribution in [0.5, 0.6) is 0 Å². The van der Waals surface area contributed by atoms with Gasteiger partial charge in [0.15, 0.2) is 0 Å². The normalized spacial score (nSPS) is 16.0. The molecule has 1 aliphatic rings. The van der Waals surface area contributed by atoms with E-state index in [4.69, 9.17) is 0 Å². The highest BCUT2D eigenvalue weighted by Gasteiger charge is 2.28. The minimum Gasteiger partial charge on any atom is -0.344 e. The summed E-state index contributed by atoms with van der Waals surface area (Å²) >= 11 is 0. The Balaban J connectivity index is 2.20. The molecule has 8 heteroatoms. The first-order chi connectivity index (χ1) is 10.8. The van der Waals surface area contributed by atoms with Gasteiger partial charge in [-0.15, -0.1) is 6.58 Å². The van der Waals surface area contributed by atoms with E-state index in [1.807, 2.05) is 0 Å². The molecule has 1 aromatic rings. The Bertz CT molecular complexity index is 743. The van der Waals surface area contributed by atoms with E-state index in [1.165, 1.54) is 10.4 Å². The fourth-order valence-electron chi connectivity index (χ4n) is 2.25. The third-order valence-electron chi connectivity index (χ3n) is 3.47. The Kier molecular flexibility index (Phi) is 5.05. The average Bonchev–Trinajstić information content (AvgIpc) is 2.86. The van der Waals surface area contributed by atoms with E-state index in [2.05, 4.69) is 17.2 Å². The average molecular weight is 337 g/mol. The van der Waals surface area contributed by atoms with E-state index >= 15 is 0 Å². The van der Waals surface area contributed by atoms with E-state index in [1.54, 1.807) is 25.1 Å². The molecule has 0 spiro atoms. The maximum absolute atomic E-state index is 12.0. The quantitative estimate of drug-likeness (QED) is 0.627. The first-order valence-corrected chi connectivity index (χ1v) is 8.77. The molecule has 124 valence electrons. The molecule has 1 heterocycles. The second kappa shape index (κ2) is 6.82. The summed E-state index contributed by atoms with van der Waals surface area (Å²) in [7, 11) is -3.30. The monoisotopic (exact) mass is 337 g/mol. The van der Waals surface area contributed by atoms with Gasteiger partial charge in [-0.05, 0) is 31.0 Å². The van der Waals surface area contributed by atoms with Gasteiger partial charge in [-0.25, -0.2) is 8.42 Å². The van der Waals surface area contributed by atoms with Crippen molar-refractivity contribution in [3.8, 4) is 0 Å². The van der Waals surface area contributed by atoms with Crippen LogP contribution in [0.1, 0.15) is 12.0 Å². The van der Waals surface area contributed by atoms with E-state index in [0.29, 0.717) is 24.3 Å². The van der Waals surface area contributed by atoms with Gasteiger partial charge in [0, 0.05) is 18.8 Å². The third kappa shape index (κ3) is 3.89. The van der Waals surface area contributed by atoms with Crippen molar-refractivity contribution in [3.63, 3.8) is 0 Å². The summed E-state index contributed by atoms with van der Waals surface area (Å²) < 4.78 is 25.3. The van der Waals surface area contributed by atoms with Crippen molar-refractivity contribution < 1.29 is 18.0 Å². The summed E-state index contributed by atoms with van der Waals surface area (Å²) in [5.74, 6) is -1.47. The molecule has 1 fully saturated rings. The van der Waals surface area contributed by atoms with Crippen LogP contribution in [0.3, 0.4) is 0 Å². The van der Waals surface area contributed by atoms with E-state index < -0.39 is 21.8 Å². The number of amides is 2. The maximum Gasteiger partial charge on any atom is 0.313 e. The zero-order valence-electron chi connectivity index (χ0n) is 12.8. The van der Waals surface area contributed by atoms with Gasteiger partial charge in [-0.3, -0.25) is 13.9 Å². The molecule has 1 saturated heterocycles. The predicted octanol–water partition coefficient (Wildman–Crippen LogP) is 0.776. The Morgan fingerprint density at radius 3 is 2.70 bits per heavy atom. The summed E-state index contributed by atoms with van der Waals surface area (Å²) in [6, 6.07) is 4.96. The first-order valence-electron chi connectivity index (χ1n) is 7.16. The number of anilines is 2. The van der Waals surface area contributed by atoms with Crippen LogP contribution in [-0.4, -0.2) is 39.1 Å². The van der Waals surface area contributed by atoms with Gasteiger partial charge < -0.3 is 10.6 Å². The number of rotatable bonds is 4. The highest BCUT2D eigenvalue weighted by Crippen LogP contribution is 2.28. The highest BCUT2D eigenvalue weighted by molar-refractivity contribution is 7.93. The largest absolute Gasteiger partial charge is 0.344 e. The molecule has 7 nitrogen and oxygen atoms in total. The number of carbonyl (C=O) groups excluding carboxylic acids is 2. The molecular weight excluding hydrogens is 318 g/mol. The van der Waals surface area contributed by atoms with Crippen LogP contribution in [0.4, 0.5) is 11.4 Å². The SMILES string of the molecule is C=CCNC(=O)C(=O)Nc1cc(N2CCCS2(=O)=O)ccc1C. The first kappa shape index (κ1) is 17.0. The fourth-order valence-corrected chi connectivity index (χ4v) is 3.81. The minimum atomic E-state index is -3.30.